The number of carboxylic acid groups (broad SMARTS) is 1. The van der Waals surface area contributed by atoms with Gasteiger partial charge >= 0.3 is 12.1 Å². The zero-order valence-electron chi connectivity index (χ0n) is 21.1. The molecular formula is C29H32N2O5S. The molecule has 1 unspecified atom stereocenters. The molecule has 7 nitrogen and oxygen atoms in total. The third kappa shape index (κ3) is 7.60. The maximum Gasteiger partial charge on any atom is 0.408 e. The molecule has 0 fully saturated rings. The number of benzene rings is 3. The first-order valence-electron chi connectivity index (χ1n) is 11.9. The van der Waals surface area contributed by atoms with Crippen LogP contribution in [-0.2, 0) is 19.1 Å². The summed E-state index contributed by atoms with van der Waals surface area (Å²) in [5, 5.41) is 14.1. The van der Waals surface area contributed by atoms with Crippen LogP contribution in [0.3, 0.4) is 0 Å². The topological polar surface area (TPSA) is 105 Å². The van der Waals surface area contributed by atoms with Crippen molar-refractivity contribution in [2.24, 2.45) is 0 Å². The molecule has 0 bridgehead atoms. The monoisotopic (exact) mass is 520 g/mol. The minimum atomic E-state index is -1.18. The second kappa shape index (κ2) is 12.5. The Morgan fingerprint density at radius 1 is 0.811 bits per heavy atom. The summed E-state index contributed by atoms with van der Waals surface area (Å²) in [4.78, 5) is 36.7. The Bertz CT molecular complexity index is 1080. The summed E-state index contributed by atoms with van der Waals surface area (Å²) in [7, 11) is 0. The molecule has 3 rings (SSSR count). The molecule has 0 spiro atoms. The number of nitrogens with one attached hydrogen (secondary N) is 2. The quantitative estimate of drug-likeness (QED) is 0.332. The standard InChI is InChI=1S/C29H32N2O5S/c1-28(2,3)36-27(35)31-24(26(34)30-19-25(32)33)20-37-29(21-13-7-4-8-14-21,22-15-9-5-10-16-22)23-17-11-6-12-18-23/h4-18,24H,19-20H2,1-3H3,(H,30,34)(H,31,35)(H,32,33). The largest absolute Gasteiger partial charge is 0.480 e. The van der Waals surface area contributed by atoms with Gasteiger partial charge in [-0.2, -0.15) is 0 Å². The lowest BCUT2D eigenvalue weighted by molar-refractivity contribution is -0.138. The molecule has 8 heteroatoms. The number of rotatable bonds is 10. The fraction of sp³-hybridized carbons (Fsp3) is 0.276. The number of hydrogen-bond acceptors (Lipinski definition) is 5. The van der Waals surface area contributed by atoms with Crippen molar-refractivity contribution in [1.29, 1.82) is 0 Å². The van der Waals surface area contributed by atoms with E-state index in [1.807, 2.05) is 91.0 Å². The maximum atomic E-state index is 13.0. The Balaban J connectivity index is 2.04. The minimum absolute atomic E-state index is 0.142. The van der Waals surface area contributed by atoms with Gasteiger partial charge in [0.25, 0.3) is 0 Å². The van der Waals surface area contributed by atoms with E-state index < -0.39 is 40.9 Å². The van der Waals surface area contributed by atoms with Gasteiger partial charge in [0.2, 0.25) is 5.91 Å². The van der Waals surface area contributed by atoms with Crippen molar-refractivity contribution in [3.05, 3.63) is 108 Å². The van der Waals surface area contributed by atoms with Crippen LogP contribution in [0.2, 0.25) is 0 Å². The molecule has 0 aliphatic carbocycles. The van der Waals surface area contributed by atoms with Crippen molar-refractivity contribution in [1.82, 2.24) is 10.6 Å². The van der Waals surface area contributed by atoms with E-state index in [1.54, 1.807) is 20.8 Å². The van der Waals surface area contributed by atoms with Gasteiger partial charge in [0.1, 0.15) is 18.2 Å². The smallest absolute Gasteiger partial charge is 0.408 e. The normalized spacial score (nSPS) is 12.3. The molecular weight excluding hydrogens is 488 g/mol. The predicted octanol–water partition coefficient (Wildman–Crippen LogP) is 4.81. The first-order valence-corrected chi connectivity index (χ1v) is 12.9. The summed E-state index contributed by atoms with van der Waals surface area (Å²) < 4.78 is 4.66. The van der Waals surface area contributed by atoms with Crippen LogP contribution >= 0.6 is 11.8 Å². The van der Waals surface area contributed by atoms with Gasteiger partial charge in [-0.3, -0.25) is 9.59 Å². The van der Waals surface area contributed by atoms with E-state index in [1.165, 1.54) is 11.8 Å². The lowest BCUT2D eigenvalue weighted by Crippen LogP contribution is -2.51. The Labute approximate surface area is 221 Å². The van der Waals surface area contributed by atoms with Crippen molar-refractivity contribution >= 4 is 29.7 Å². The molecule has 3 aromatic rings. The summed E-state index contributed by atoms with van der Waals surface area (Å²) in [5.41, 5.74) is 2.24. The number of carbonyl (C=O) groups is 3. The van der Waals surface area contributed by atoms with Crippen LogP contribution < -0.4 is 10.6 Å². The van der Waals surface area contributed by atoms with Crippen molar-refractivity contribution in [2.45, 2.75) is 37.2 Å². The molecule has 194 valence electrons. The molecule has 2 amide bonds. The van der Waals surface area contributed by atoms with Crippen molar-refractivity contribution in [3.8, 4) is 0 Å². The molecule has 0 aliphatic heterocycles. The summed E-state index contributed by atoms with van der Waals surface area (Å²) >= 11 is 1.48. The first-order chi connectivity index (χ1) is 17.6. The molecule has 0 aromatic heterocycles. The minimum Gasteiger partial charge on any atom is -0.480 e. The molecule has 0 aliphatic rings. The number of ether oxygens (including phenoxy) is 1. The molecule has 0 saturated carbocycles. The molecule has 0 heterocycles. The van der Waals surface area contributed by atoms with Crippen LogP contribution in [0.15, 0.2) is 91.0 Å². The number of carbonyl (C=O) groups excluding carboxylic acids is 2. The second-order valence-corrected chi connectivity index (χ2v) is 10.6. The fourth-order valence-electron chi connectivity index (χ4n) is 3.90. The van der Waals surface area contributed by atoms with E-state index in [-0.39, 0.29) is 5.75 Å². The zero-order valence-corrected chi connectivity index (χ0v) is 22.0. The summed E-state index contributed by atoms with van der Waals surface area (Å²) in [6, 6.07) is 28.8. The van der Waals surface area contributed by atoms with Gasteiger partial charge in [-0.15, -0.1) is 11.8 Å². The Morgan fingerprint density at radius 3 is 1.62 bits per heavy atom. The lowest BCUT2D eigenvalue weighted by atomic mass is 9.84. The number of thioether (sulfide) groups is 1. The second-order valence-electron chi connectivity index (χ2n) is 9.40. The van der Waals surface area contributed by atoms with Crippen LogP contribution in [0.25, 0.3) is 0 Å². The van der Waals surface area contributed by atoms with E-state index in [9.17, 15) is 14.4 Å². The highest BCUT2D eigenvalue weighted by atomic mass is 32.2. The first kappa shape index (κ1) is 27.8. The molecule has 3 aromatic carbocycles. The van der Waals surface area contributed by atoms with E-state index in [0.29, 0.717) is 0 Å². The lowest BCUT2D eigenvalue weighted by Gasteiger charge is -2.36. The highest BCUT2D eigenvalue weighted by molar-refractivity contribution is 8.00. The van der Waals surface area contributed by atoms with Crippen LogP contribution in [0, 0.1) is 0 Å². The van der Waals surface area contributed by atoms with E-state index in [2.05, 4.69) is 10.6 Å². The average molecular weight is 521 g/mol. The SMILES string of the molecule is CC(C)(C)OC(=O)NC(CSC(c1ccccc1)(c1ccccc1)c1ccccc1)C(=O)NCC(=O)O. The van der Waals surface area contributed by atoms with Gasteiger partial charge in [0, 0.05) is 5.75 Å². The molecule has 3 N–H and O–H groups in total. The maximum absolute atomic E-state index is 13.0. The molecule has 0 radical (unpaired) electrons. The van der Waals surface area contributed by atoms with Gasteiger partial charge in [-0.25, -0.2) is 4.79 Å². The highest BCUT2D eigenvalue weighted by Crippen LogP contribution is 2.48. The molecule has 37 heavy (non-hydrogen) atoms. The van der Waals surface area contributed by atoms with Gasteiger partial charge in [-0.05, 0) is 37.5 Å². The van der Waals surface area contributed by atoms with Crippen LogP contribution in [0.4, 0.5) is 4.79 Å². The van der Waals surface area contributed by atoms with Crippen LogP contribution in [-0.4, -0.2) is 47.0 Å². The van der Waals surface area contributed by atoms with E-state index >= 15 is 0 Å². The summed E-state index contributed by atoms with van der Waals surface area (Å²) in [6.07, 6.45) is -0.756. The third-order valence-electron chi connectivity index (χ3n) is 5.43. The summed E-state index contributed by atoms with van der Waals surface area (Å²) in [6.45, 7) is 4.63. The third-order valence-corrected chi connectivity index (χ3v) is 7.07. The average Bonchev–Trinajstić information content (AvgIpc) is 2.87. The van der Waals surface area contributed by atoms with Crippen molar-refractivity contribution in [2.75, 3.05) is 12.3 Å². The van der Waals surface area contributed by atoms with Gasteiger partial charge in [-0.1, -0.05) is 91.0 Å². The van der Waals surface area contributed by atoms with Gasteiger partial charge in [0.05, 0.1) is 4.75 Å². The van der Waals surface area contributed by atoms with Crippen molar-refractivity contribution < 1.29 is 24.2 Å². The van der Waals surface area contributed by atoms with Crippen LogP contribution in [0.1, 0.15) is 37.5 Å². The fourth-order valence-corrected chi connectivity index (χ4v) is 5.46. The number of amides is 2. The van der Waals surface area contributed by atoms with Gasteiger partial charge < -0.3 is 20.5 Å². The number of carboxylic acids is 1. The molecule has 0 saturated heterocycles. The number of alkyl carbamates (subject to hydrolysis) is 1. The zero-order chi connectivity index (χ0) is 26.9. The number of hydrogen-bond donors (Lipinski definition) is 3. The number of aliphatic carboxylic acids is 1. The Morgan fingerprint density at radius 2 is 1.24 bits per heavy atom. The summed E-state index contributed by atoms with van der Waals surface area (Å²) in [5.74, 6) is -1.64. The predicted molar refractivity (Wildman–Crippen MR) is 145 cm³/mol. The Hall–Kier alpha value is -3.78. The van der Waals surface area contributed by atoms with Crippen molar-refractivity contribution in [3.63, 3.8) is 0 Å². The molecule has 1 atom stereocenters. The Kier molecular flexibility index (Phi) is 9.36. The van der Waals surface area contributed by atoms with E-state index in [4.69, 9.17) is 9.84 Å². The highest BCUT2D eigenvalue weighted by Gasteiger charge is 2.38. The van der Waals surface area contributed by atoms with Crippen LogP contribution in [0.5, 0.6) is 0 Å². The van der Waals surface area contributed by atoms with E-state index in [0.717, 1.165) is 16.7 Å². The van der Waals surface area contributed by atoms with Gasteiger partial charge in [0.15, 0.2) is 0 Å².